The minimum Gasteiger partial charge on any atom is -0.461 e. The zero-order valence-corrected chi connectivity index (χ0v) is 25.2. The van der Waals surface area contributed by atoms with Crippen molar-refractivity contribution in [1.29, 1.82) is 0 Å². The van der Waals surface area contributed by atoms with Crippen LogP contribution < -0.4 is 4.74 Å². The molecule has 3 aromatic carbocycles. The molecule has 3 aromatic rings. The Morgan fingerprint density at radius 2 is 1.07 bits per heavy atom. The third-order valence-corrected chi connectivity index (χ3v) is 8.42. The second-order valence-corrected chi connectivity index (χ2v) is 11.7. The van der Waals surface area contributed by atoms with Gasteiger partial charge in [-0.05, 0) is 57.3 Å². The molecular formula is C24H12F6I2O9S. The molecule has 3 rings (SSSR count). The topological polar surface area (TPSA) is 133 Å². The van der Waals surface area contributed by atoms with Gasteiger partial charge in [-0.25, -0.2) is 35.9 Å². The highest BCUT2D eigenvalue weighted by atomic mass is 127. The van der Waals surface area contributed by atoms with E-state index in [9.17, 15) is 53.7 Å². The van der Waals surface area contributed by atoms with Crippen LogP contribution in [0.5, 0.6) is 5.75 Å². The van der Waals surface area contributed by atoms with Crippen LogP contribution in [0.25, 0.3) is 0 Å². The summed E-state index contributed by atoms with van der Waals surface area (Å²) in [6.07, 6.45) is 0. The van der Waals surface area contributed by atoms with Crippen molar-refractivity contribution in [1.82, 2.24) is 0 Å². The summed E-state index contributed by atoms with van der Waals surface area (Å²) in [5.41, 5.74) is -2.67. The van der Waals surface area contributed by atoms with Crippen molar-refractivity contribution in [2.45, 2.75) is 4.90 Å². The van der Waals surface area contributed by atoms with E-state index < -0.39 is 98.1 Å². The minimum absolute atomic E-state index is 0.0938. The molecule has 224 valence electrons. The van der Waals surface area contributed by atoms with Crippen molar-refractivity contribution >= 4 is 73.2 Å². The molecule has 0 spiro atoms. The lowest BCUT2D eigenvalue weighted by atomic mass is 10.1. The lowest BCUT2D eigenvalue weighted by Crippen LogP contribution is -2.32. The quantitative estimate of drug-likeness (QED) is 0.101. The summed E-state index contributed by atoms with van der Waals surface area (Å²) in [5.74, 6) is -16.2. The molecule has 0 aliphatic carbocycles. The van der Waals surface area contributed by atoms with Crippen molar-refractivity contribution in [3.8, 4) is 5.75 Å². The molecule has 0 unspecified atom stereocenters. The Morgan fingerprint density at radius 3 is 1.40 bits per heavy atom. The number of esters is 3. The zero-order valence-electron chi connectivity index (χ0n) is 20.1. The molecule has 9 nitrogen and oxygen atoms in total. The van der Waals surface area contributed by atoms with Gasteiger partial charge in [0.1, 0.15) is 75.8 Å². The molecule has 1 N–H and O–H groups in total. The molecule has 0 aliphatic rings. The fraction of sp³-hybridized carbons (Fsp3) is 0.125. The summed E-state index contributed by atoms with van der Waals surface area (Å²) in [5, 5.41) is 0. The molecule has 0 saturated carbocycles. The highest BCUT2D eigenvalue weighted by Crippen LogP contribution is 2.30. The van der Waals surface area contributed by atoms with Gasteiger partial charge in [-0.1, -0.05) is 0 Å². The number of hydrogen-bond donors (Lipinski definition) is 1. The standard InChI is InChI=1S/C24H12F6I2O9S/c25-10-1-13(27)19(14(28)2-10)23(34)39-7-9(8-40-24(35)20-15(29)3-11(26)4-16(20)30)22(33)41-12-5-17(31)21(18(32)6-12)42(36,37)38/h1-6,9H,7-8H2,(H,36,37,38). The molecule has 0 atom stereocenters. The normalized spacial score (nSPS) is 11.4. The smallest absolute Gasteiger partial charge is 0.344 e. The van der Waals surface area contributed by atoms with E-state index in [-0.39, 0.29) is 37.2 Å². The summed E-state index contributed by atoms with van der Waals surface area (Å²) >= 11 is 3.02. The van der Waals surface area contributed by atoms with Gasteiger partial charge >= 0.3 is 17.9 Å². The van der Waals surface area contributed by atoms with E-state index in [1.54, 1.807) is 0 Å². The molecule has 0 fully saturated rings. The summed E-state index contributed by atoms with van der Waals surface area (Å²) in [7, 11) is -4.67. The maximum absolute atomic E-state index is 14.0. The maximum atomic E-state index is 14.0. The number of benzene rings is 3. The lowest BCUT2D eigenvalue weighted by Gasteiger charge is -2.17. The summed E-state index contributed by atoms with van der Waals surface area (Å²) in [6, 6.07) is 2.73. The molecule has 0 aromatic heterocycles. The Labute approximate surface area is 259 Å². The molecule has 0 aliphatic heterocycles. The second kappa shape index (κ2) is 13.5. The van der Waals surface area contributed by atoms with Crippen LogP contribution >= 0.6 is 45.2 Å². The lowest BCUT2D eigenvalue weighted by molar-refractivity contribution is -0.141. The third kappa shape index (κ3) is 8.10. The highest BCUT2D eigenvalue weighted by Gasteiger charge is 2.30. The van der Waals surface area contributed by atoms with Gasteiger partial charge in [0.2, 0.25) is 0 Å². The first-order chi connectivity index (χ1) is 19.5. The second-order valence-electron chi connectivity index (χ2n) is 7.99. The van der Waals surface area contributed by atoms with Crippen LogP contribution in [0, 0.1) is 48.0 Å². The third-order valence-electron chi connectivity index (χ3n) is 5.03. The van der Waals surface area contributed by atoms with Crippen LogP contribution in [0.1, 0.15) is 20.7 Å². The van der Waals surface area contributed by atoms with Gasteiger partial charge in [-0.2, -0.15) is 8.42 Å². The monoisotopic (exact) mass is 844 g/mol. The number of halogens is 8. The predicted octanol–water partition coefficient (Wildman–Crippen LogP) is 5.21. The molecule has 18 heteroatoms. The fourth-order valence-electron chi connectivity index (χ4n) is 3.20. The Hall–Kier alpha value is -2.98. The maximum Gasteiger partial charge on any atom is 0.344 e. The van der Waals surface area contributed by atoms with E-state index in [1.165, 1.54) is 45.2 Å². The van der Waals surface area contributed by atoms with Gasteiger partial charge in [-0.3, -0.25) is 9.35 Å². The van der Waals surface area contributed by atoms with Crippen molar-refractivity contribution < 1.29 is 67.9 Å². The minimum atomic E-state index is -4.67. The number of hydrogen-bond acceptors (Lipinski definition) is 8. The summed E-state index contributed by atoms with van der Waals surface area (Å²) in [4.78, 5) is 37.0. The van der Waals surface area contributed by atoms with Crippen molar-refractivity contribution in [3.05, 3.63) is 89.6 Å². The van der Waals surface area contributed by atoms with Crippen LogP contribution in [0.3, 0.4) is 0 Å². The van der Waals surface area contributed by atoms with E-state index in [1.807, 2.05) is 0 Å². The number of carbonyl (C=O) groups is 3. The van der Waals surface area contributed by atoms with Gasteiger partial charge in [0.05, 0.1) is 0 Å². The van der Waals surface area contributed by atoms with E-state index in [0.29, 0.717) is 0 Å². The van der Waals surface area contributed by atoms with Gasteiger partial charge < -0.3 is 14.2 Å². The largest absolute Gasteiger partial charge is 0.461 e. The van der Waals surface area contributed by atoms with Crippen LogP contribution in [0.2, 0.25) is 0 Å². The van der Waals surface area contributed by atoms with Gasteiger partial charge in [-0.15, -0.1) is 0 Å². The van der Waals surface area contributed by atoms with Gasteiger partial charge in [0, 0.05) is 31.4 Å². The first kappa shape index (κ1) is 33.5. The molecule has 0 bridgehead atoms. The van der Waals surface area contributed by atoms with Crippen molar-refractivity contribution in [2.75, 3.05) is 13.2 Å². The number of carbonyl (C=O) groups excluding carboxylic acids is 3. The van der Waals surface area contributed by atoms with Crippen LogP contribution in [-0.4, -0.2) is 44.1 Å². The van der Waals surface area contributed by atoms with Gasteiger partial charge in [0.25, 0.3) is 10.1 Å². The summed E-state index contributed by atoms with van der Waals surface area (Å²) < 4.78 is 129. The van der Waals surface area contributed by atoms with Crippen molar-refractivity contribution in [3.63, 3.8) is 0 Å². The van der Waals surface area contributed by atoms with Crippen LogP contribution in [0.15, 0.2) is 41.3 Å². The highest BCUT2D eigenvalue weighted by molar-refractivity contribution is 14.1. The predicted molar refractivity (Wildman–Crippen MR) is 144 cm³/mol. The van der Waals surface area contributed by atoms with E-state index in [2.05, 4.69) is 0 Å². The Bertz CT molecular complexity index is 1560. The van der Waals surface area contributed by atoms with Crippen molar-refractivity contribution in [2.24, 2.45) is 5.92 Å². The zero-order chi connectivity index (χ0) is 31.5. The van der Waals surface area contributed by atoms with Crippen LogP contribution in [-0.2, 0) is 24.4 Å². The summed E-state index contributed by atoms with van der Waals surface area (Å²) in [6.45, 7) is -2.24. The Balaban J connectivity index is 1.87. The fourth-order valence-corrected chi connectivity index (χ4v) is 7.19. The molecule has 0 amide bonds. The molecule has 0 radical (unpaired) electrons. The Kier molecular flexibility index (Phi) is 10.8. The molecule has 0 heterocycles. The van der Waals surface area contributed by atoms with Gasteiger partial charge in [0.15, 0.2) is 0 Å². The SMILES string of the molecule is O=C(OCC(COC(=O)c1c(F)cc(F)cc1F)C(=O)Oc1cc(I)c(S(=O)(=O)O)c(I)c1)c1c(F)cc(F)cc1F. The Morgan fingerprint density at radius 1 is 0.714 bits per heavy atom. The number of rotatable bonds is 9. The molecular weight excluding hydrogens is 832 g/mol. The molecule has 42 heavy (non-hydrogen) atoms. The average Bonchev–Trinajstić information content (AvgIpc) is 2.81. The molecule has 0 saturated heterocycles. The number of ether oxygens (including phenoxy) is 3. The first-order valence-corrected chi connectivity index (χ1v) is 14.4. The first-order valence-electron chi connectivity index (χ1n) is 10.8. The van der Waals surface area contributed by atoms with E-state index in [4.69, 9.17) is 14.2 Å². The van der Waals surface area contributed by atoms with Crippen LogP contribution in [0.4, 0.5) is 26.3 Å². The van der Waals surface area contributed by atoms with E-state index >= 15 is 0 Å². The van der Waals surface area contributed by atoms with E-state index in [0.717, 1.165) is 12.1 Å². The average molecular weight is 844 g/mol.